The number of hydrogen-bond donors (Lipinski definition) is 4. The van der Waals surface area contributed by atoms with Gasteiger partial charge in [0.2, 0.25) is 5.91 Å². The second-order valence-corrected chi connectivity index (χ2v) is 22.3. The molecule has 6 aliphatic carbocycles. The summed E-state index contributed by atoms with van der Waals surface area (Å²) < 4.78 is 49.3. The highest BCUT2D eigenvalue weighted by Gasteiger charge is 2.56. The molecule has 4 amide bonds. The molecule has 0 bridgehead atoms. The molecule has 4 N–H and O–H groups in total. The van der Waals surface area contributed by atoms with Gasteiger partial charge in [0.1, 0.15) is 0 Å². The summed E-state index contributed by atoms with van der Waals surface area (Å²) in [6.45, 7) is 2.15. The summed E-state index contributed by atoms with van der Waals surface area (Å²) in [6, 6.07) is 7.09. The van der Waals surface area contributed by atoms with E-state index in [0.29, 0.717) is 128 Å². The number of alkyl carbamates (subject to hydrolysis) is 1. The fourth-order valence-electron chi connectivity index (χ4n) is 12.5. The summed E-state index contributed by atoms with van der Waals surface area (Å²) in [4.78, 5) is 47.8. The lowest BCUT2D eigenvalue weighted by Gasteiger charge is -2.22. The number of nitrogens with one attached hydrogen (secondary N) is 4. The number of carbonyl (C=O) groups excluding carboxylic acids is 4. The first kappa shape index (κ1) is 47.6. The van der Waals surface area contributed by atoms with E-state index >= 15 is 0 Å². The molecule has 6 aliphatic heterocycles. The number of fused-ring (bicyclic) bond motifs is 6. The van der Waals surface area contributed by atoms with E-state index in [1.165, 1.54) is 25.7 Å². The van der Waals surface area contributed by atoms with Gasteiger partial charge in [0.05, 0.1) is 92.6 Å². The summed E-state index contributed by atoms with van der Waals surface area (Å²) in [5.74, 6) is 2.00. The summed E-state index contributed by atoms with van der Waals surface area (Å²) in [5.41, 5.74) is 1.36. The Morgan fingerprint density at radius 1 is 0.507 bits per heavy atom. The molecule has 17 nitrogen and oxygen atoms in total. The SMILES string of the molecule is O=C(CC1CCC2OC2C1)NCCC12CCCCC1O2.O=C(NC1CCC2OC2C1)OCC1CCC2OC2C1.O=C(Nc1ccc(NC(=O)OCC2CCC3OC3C2)cc1)OCC1CCC2OC2C1. The summed E-state index contributed by atoms with van der Waals surface area (Å²) in [7, 11) is 0. The van der Waals surface area contributed by atoms with Crippen molar-refractivity contribution in [1.29, 1.82) is 0 Å². The van der Waals surface area contributed by atoms with Gasteiger partial charge in [0, 0.05) is 30.4 Å². The molecule has 13 rings (SSSR count). The van der Waals surface area contributed by atoms with Gasteiger partial charge in [-0.1, -0.05) is 12.8 Å². The van der Waals surface area contributed by atoms with Crippen LogP contribution in [0.4, 0.5) is 25.8 Å². The molecule has 17 heteroatoms. The van der Waals surface area contributed by atoms with E-state index in [2.05, 4.69) is 21.3 Å². The molecule has 0 radical (unpaired) electrons. The van der Waals surface area contributed by atoms with E-state index in [-0.39, 0.29) is 23.6 Å². The molecule has 6 saturated carbocycles. The fraction of sp³-hybridized carbons (Fsp3) is 0.808. The van der Waals surface area contributed by atoms with Crippen LogP contribution in [0.2, 0.25) is 0 Å². The Kier molecular flexibility index (Phi) is 14.6. The Morgan fingerprint density at radius 3 is 1.43 bits per heavy atom. The van der Waals surface area contributed by atoms with Gasteiger partial charge in [-0.3, -0.25) is 15.4 Å². The van der Waals surface area contributed by atoms with Gasteiger partial charge in [-0.05, 0) is 164 Å². The molecule has 17 atom stereocenters. The maximum atomic E-state index is 12.0. The molecule has 1 aromatic carbocycles. The minimum Gasteiger partial charge on any atom is -0.449 e. The molecular weight excluding hydrogens is 889 g/mol. The highest BCUT2D eigenvalue weighted by Crippen LogP contribution is 2.50. The molecule has 0 aromatic heterocycles. The van der Waals surface area contributed by atoms with Gasteiger partial charge in [0.25, 0.3) is 0 Å². The highest BCUT2D eigenvalue weighted by atomic mass is 16.6. The zero-order valence-electron chi connectivity index (χ0n) is 40.0. The lowest BCUT2D eigenvalue weighted by Crippen LogP contribution is -2.39. The van der Waals surface area contributed by atoms with E-state index in [1.807, 2.05) is 0 Å². The molecule has 12 fully saturated rings. The quantitative estimate of drug-likeness (QED) is 0.104. The number of ether oxygens (including phenoxy) is 9. The molecule has 17 unspecified atom stereocenters. The van der Waals surface area contributed by atoms with Gasteiger partial charge in [-0.2, -0.15) is 0 Å². The Hall–Kier alpha value is -3.74. The minimum absolute atomic E-state index is 0.144. The maximum absolute atomic E-state index is 12.0. The van der Waals surface area contributed by atoms with Gasteiger partial charge < -0.3 is 53.3 Å². The number of carbonyl (C=O) groups is 4. The third kappa shape index (κ3) is 13.4. The lowest BCUT2D eigenvalue weighted by atomic mass is 9.86. The molecule has 12 aliphatic rings. The minimum atomic E-state index is -0.469. The topological polar surface area (TPSA) is 219 Å². The molecule has 380 valence electrons. The van der Waals surface area contributed by atoms with Crippen LogP contribution in [0.3, 0.4) is 0 Å². The Morgan fingerprint density at radius 2 is 0.957 bits per heavy atom. The van der Waals surface area contributed by atoms with Crippen molar-refractivity contribution in [2.24, 2.45) is 23.7 Å². The average Bonchev–Trinajstić information content (AvgIpc) is 4.11. The van der Waals surface area contributed by atoms with Crippen molar-refractivity contribution in [1.82, 2.24) is 10.6 Å². The average molecular weight is 963 g/mol. The van der Waals surface area contributed by atoms with E-state index in [1.54, 1.807) is 24.3 Å². The molecule has 0 spiro atoms. The third-order valence-corrected chi connectivity index (χ3v) is 17.1. The highest BCUT2D eigenvalue weighted by molar-refractivity contribution is 5.87. The summed E-state index contributed by atoms with van der Waals surface area (Å²) in [6.07, 6.45) is 26.4. The van der Waals surface area contributed by atoms with Crippen LogP contribution in [0, 0.1) is 23.7 Å². The van der Waals surface area contributed by atoms with Crippen molar-refractivity contribution in [2.75, 3.05) is 37.0 Å². The number of hydrogen-bond acceptors (Lipinski definition) is 13. The Bertz CT molecular complexity index is 1910. The first-order valence-corrected chi connectivity index (χ1v) is 26.8. The van der Waals surface area contributed by atoms with Crippen molar-refractivity contribution in [3.8, 4) is 0 Å². The van der Waals surface area contributed by atoms with Crippen molar-refractivity contribution in [3.63, 3.8) is 0 Å². The number of anilines is 2. The van der Waals surface area contributed by atoms with Crippen LogP contribution in [0.5, 0.6) is 0 Å². The normalized spacial score (nSPS) is 40.5. The van der Waals surface area contributed by atoms with Crippen LogP contribution in [-0.4, -0.2) is 129 Å². The first-order valence-electron chi connectivity index (χ1n) is 26.8. The molecule has 6 saturated heterocycles. The first-order chi connectivity index (χ1) is 33.6. The summed E-state index contributed by atoms with van der Waals surface area (Å²) in [5, 5.41) is 11.5. The van der Waals surface area contributed by atoms with Gasteiger partial charge in [-0.15, -0.1) is 0 Å². The monoisotopic (exact) mass is 963 g/mol. The largest absolute Gasteiger partial charge is 0.449 e. The van der Waals surface area contributed by atoms with Crippen LogP contribution in [0.15, 0.2) is 24.3 Å². The molecule has 1 aromatic rings. The molecular formula is C52H74N4O13. The van der Waals surface area contributed by atoms with Gasteiger partial charge in [-0.25, -0.2) is 14.4 Å². The second-order valence-electron chi connectivity index (χ2n) is 22.3. The zero-order valence-corrected chi connectivity index (χ0v) is 40.0. The standard InChI is InChI=1S/C22H28N2O6.C16H25NO3.C14H21NO4/c25-21(27-11-13-1-7-17-19(9-13)29-17)23-15-3-5-16(6-4-15)24-22(26)28-12-14-2-8-18-20(10-14)30-18;18-15(10-11-4-5-12-13(9-11)19-12)17-8-7-16-6-2-1-3-14(16)20-16;16-14(15-9-2-4-11-13(6-9)19-11)17-7-8-1-3-10-12(5-8)18-10/h3-6,13-14,17-20H,1-2,7-12H2,(H,23,25)(H,24,26);11-14H,1-10H2,(H,17,18);8-13H,1-7H2,(H,15,16). The molecule has 69 heavy (non-hydrogen) atoms. The van der Waals surface area contributed by atoms with Crippen molar-refractivity contribution >= 4 is 35.6 Å². The predicted octanol–water partition coefficient (Wildman–Crippen LogP) is 7.68. The lowest BCUT2D eigenvalue weighted by molar-refractivity contribution is -0.122. The number of amides is 4. The van der Waals surface area contributed by atoms with Crippen LogP contribution in [0.25, 0.3) is 0 Å². The number of benzene rings is 1. The maximum Gasteiger partial charge on any atom is 0.411 e. The van der Waals surface area contributed by atoms with E-state index in [4.69, 9.17) is 42.6 Å². The van der Waals surface area contributed by atoms with Gasteiger partial charge in [0.15, 0.2) is 0 Å². The number of rotatable bonds is 14. The van der Waals surface area contributed by atoms with Crippen LogP contribution in [0.1, 0.15) is 135 Å². The van der Waals surface area contributed by atoms with Crippen molar-refractivity contribution in [3.05, 3.63) is 24.3 Å². The van der Waals surface area contributed by atoms with Crippen LogP contribution < -0.4 is 21.3 Å². The van der Waals surface area contributed by atoms with Crippen molar-refractivity contribution in [2.45, 2.75) is 214 Å². The van der Waals surface area contributed by atoms with E-state index < -0.39 is 12.2 Å². The second kappa shape index (κ2) is 21.2. The third-order valence-electron chi connectivity index (χ3n) is 17.1. The Labute approximate surface area is 405 Å². The summed E-state index contributed by atoms with van der Waals surface area (Å²) >= 11 is 0. The van der Waals surface area contributed by atoms with Gasteiger partial charge >= 0.3 is 18.3 Å². The van der Waals surface area contributed by atoms with Crippen LogP contribution in [-0.2, 0) is 47.4 Å². The smallest absolute Gasteiger partial charge is 0.411 e. The van der Waals surface area contributed by atoms with Crippen LogP contribution >= 0.6 is 0 Å². The van der Waals surface area contributed by atoms with Crippen molar-refractivity contribution < 1.29 is 61.8 Å². The fourth-order valence-corrected chi connectivity index (χ4v) is 12.5. The molecule has 6 heterocycles. The Balaban J connectivity index is 0.000000117. The van der Waals surface area contributed by atoms with E-state index in [0.717, 1.165) is 109 Å². The predicted molar refractivity (Wildman–Crippen MR) is 249 cm³/mol. The number of epoxide rings is 6. The zero-order chi connectivity index (χ0) is 46.9. The van der Waals surface area contributed by atoms with E-state index in [9.17, 15) is 19.2 Å².